The maximum absolute atomic E-state index is 12.4. The van der Waals surface area contributed by atoms with Crippen molar-refractivity contribution in [2.45, 2.75) is 57.4 Å². The van der Waals surface area contributed by atoms with Crippen LogP contribution in [-0.2, 0) is 16.6 Å². The lowest BCUT2D eigenvalue weighted by atomic mass is 9.84. The number of sulfonamides is 1. The summed E-state index contributed by atoms with van der Waals surface area (Å²) in [6, 6.07) is 1.71. The highest BCUT2D eigenvalue weighted by Gasteiger charge is 2.33. The highest BCUT2D eigenvalue weighted by atomic mass is 32.2. The van der Waals surface area contributed by atoms with Crippen LogP contribution in [0.4, 0.5) is 0 Å². The van der Waals surface area contributed by atoms with Gasteiger partial charge in [0.15, 0.2) is 0 Å². The molecule has 1 aromatic rings. The van der Waals surface area contributed by atoms with Crippen LogP contribution in [0.5, 0.6) is 0 Å². The van der Waals surface area contributed by atoms with Gasteiger partial charge < -0.3 is 10.3 Å². The minimum absolute atomic E-state index is 0.163. The Kier molecular flexibility index (Phi) is 5.46. The topological polar surface area (TPSA) is 74.0 Å². The molecule has 0 radical (unpaired) electrons. The zero-order valence-electron chi connectivity index (χ0n) is 13.0. The Morgan fingerprint density at radius 1 is 1.29 bits per heavy atom. The van der Waals surface area contributed by atoms with Crippen molar-refractivity contribution in [1.82, 2.24) is 15.0 Å². The summed E-state index contributed by atoms with van der Waals surface area (Å²) >= 11 is 0. The highest BCUT2D eigenvalue weighted by molar-refractivity contribution is 7.89. The second kappa shape index (κ2) is 6.94. The molecule has 1 aromatic heterocycles. The average Bonchev–Trinajstić information content (AvgIpc) is 3.13. The molecule has 0 aliphatic heterocycles. The lowest BCUT2D eigenvalue weighted by Crippen LogP contribution is -2.35. The molecule has 5 nitrogen and oxygen atoms in total. The van der Waals surface area contributed by atoms with Crippen molar-refractivity contribution >= 4 is 10.0 Å². The van der Waals surface area contributed by atoms with E-state index in [9.17, 15) is 8.42 Å². The third-order valence-electron chi connectivity index (χ3n) is 4.64. The Labute approximate surface area is 128 Å². The number of rotatable bonds is 8. The molecular weight excluding hydrogens is 286 g/mol. The predicted molar refractivity (Wildman–Crippen MR) is 84.6 cm³/mol. The zero-order valence-corrected chi connectivity index (χ0v) is 13.9. The number of hydrogen-bond donors (Lipinski definition) is 3. The lowest BCUT2D eigenvalue weighted by molar-refractivity contribution is 0.285. The molecule has 1 heterocycles. The van der Waals surface area contributed by atoms with Crippen molar-refractivity contribution in [2.24, 2.45) is 5.41 Å². The van der Waals surface area contributed by atoms with Gasteiger partial charge in [0.05, 0.1) is 4.90 Å². The summed E-state index contributed by atoms with van der Waals surface area (Å²) in [6.07, 6.45) is 7.30. The quantitative estimate of drug-likeness (QED) is 0.690. The summed E-state index contributed by atoms with van der Waals surface area (Å²) in [5.41, 5.74) is 1.05. The van der Waals surface area contributed by atoms with Gasteiger partial charge in [-0.3, -0.25) is 0 Å². The standard InChI is InChI=1S/C15H27N3O2S/c1-3-15(7-5-6-8-15)12-18-21(19,20)14-9-13(17-11-14)10-16-4-2/h9,11,16-18H,3-8,10,12H2,1-2H3. The van der Waals surface area contributed by atoms with E-state index >= 15 is 0 Å². The summed E-state index contributed by atoms with van der Waals surface area (Å²) in [7, 11) is -3.41. The van der Waals surface area contributed by atoms with E-state index in [4.69, 9.17) is 0 Å². The van der Waals surface area contributed by atoms with Crippen molar-refractivity contribution < 1.29 is 8.42 Å². The van der Waals surface area contributed by atoms with Gasteiger partial charge in [0, 0.05) is 25.0 Å². The minimum Gasteiger partial charge on any atom is -0.363 e. The third kappa shape index (κ3) is 4.08. The van der Waals surface area contributed by atoms with Gasteiger partial charge in [-0.2, -0.15) is 0 Å². The predicted octanol–water partition coefficient (Wildman–Crippen LogP) is 2.37. The second-order valence-electron chi connectivity index (χ2n) is 6.03. The number of nitrogens with one attached hydrogen (secondary N) is 3. The van der Waals surface area contributed by atoms with Crippen LogP contribution < -0.4 is 10.0 Å². The van der Waals surface area contributed by atoms with Gasteiger partial charge in [0.2, 0.25) is 10.0 Å². The molecule has 2 rings (SSSR count). The van der Waals surface area contributed by atoms with Gasteiger partial charge in [-0.25, -0.2) is 13.1 Å². The van der Waals surface area contributed by atoms with Crippen molar-refractivity contribution in [3.63, 3.8) is 0 Å². The first-order valence-electron chi connectivity index (χ1n) is 7.89. The lowest BCUT2D eigenvalue weighted by Gasteiger charge is -2.27. The maximum Gasteiger partial charge on any atom is 0.242 e. The molecule has 0 aromatic carbocycles. The van der Waals surface area contributed by atoms with Crippen LogP contribution in [0.15, 0.2) is 17.2 Å². The van der Waals surface area contributed by atoms with Gasteiger partial charge in [0.1, 0.15) is 0 Å². The minimum atomic E-state index is -3.41. The summed E-state index contributed by atoms with van der Waals surface area (Å²) in [5, 5.41) is 3.17. The van der Waals surface area contributed by atoms with E-state index in [-0.39, 0.29) is 5.41 Å². The Balaban J connectivity index is 1.99. The molecule has 0 spiro atoms. The Morgan fingerprint density at radius 3 is 2.62 bits per heavy atom. The Morgan fingerprint density at radius 2 is 2.00 bits per heavy atom. The number of hydrogen-bond acceptors (Lipinski definition) is 3. The van der Waals surface area contributed by atoms with Crippen LogP contribution >= 0.6 is 0 Å². The molecule has 21 heavy (non-hydrogen) atoms. The van der Waals surface area contributed by atoms with E-state index < -0.39 is 10.0 Å². The van der Waals surface area contributed by atoms with Crippen LogP contribution in [-0.4, -0.2) is 26.5 Å². The molecule has 120 valence electrons. The highest BCUT2D eigenvalue weighted by Crippen LogP contribution is 2.40. The Bertz CT molecular complexity index is 545. The fourth-order valence-corrected chi connectivity index (χ4v) is 4.22. The molecule has 0 amide bonds. The summed E-state index contributed by atoms with van der Waals surface area (Å²) in [6.45, 7) is 6.25. The van der Waals surface area contributed by atoms with E-state index in [0.29, 0.717) is 18.0 Å². The van der Waals surface area contributed by atoms with E-state index in [1.54, 1.807) is 12.3 Å². The van der Waals surface area contributed by atoms with Gasteiger partial charge in [-0.05, 0) is 37.3 Å². The largest absolute Gasteiger partial charge is 0.363 e. The van der Waals surface area contributed by atoms with Crippen LogP contribution in [0.3, 0.4) is 0 Å². The summed E-state index contributed by atoms with van der Waals surface area (Å²) in [4.78, 5) is 3.35. The first-order chi connectivity index (χ1) is 10.0. The zero-order chi connectivity index (χ0) is 15.3. The van der Waals surface area contributed by atoms with Crippen molar-refractivity contribution in [3.8, 4) is 0 Å². The molecule has 1 aliphatic rings. The van der Waals surface area contributed by atoms with Gasteiger partial charge in [-0.1, -0.05) is 26.7 Å². The van der Waals surface area contributed by atoms with Crippen molar-refractivity contribution in [3.05, 3.63) is 18.0 Å². The monoisotopic (exact) mass is 313 g/mol. The molecule has 0 unspecified atom stereocenters. The second-order valence-corrected chi connectivity index (χ2v) is 7.79. The molecule has 1 saturated carbocycles. The molecular formula is C15H27N3O2S. The number of aromatic amines is 1. The first kappa shape index (κ1) is 16.5. The SMILES string of the molecule is CCNCc1cc(S(=O)(=O)NCC2(CC)CCCC2)c[nH]1. The van der Waals surface area contributed by atoms with E-state index in [1.165, 1.54) is 12.8 Å². The maximum atomic E-state index is 12.4. The van der Waals surface area contributed by atoms with Crippen LogP contribution in [0.25, 0.3) is 0 Å². The van der Waals surface area contributed by atoms with Gasteiger partial charge >= 0.3 is 0 Å². The average molecular weight is 313 g/mol. The number of H-pyrrole nitrogens is 1. The third-order valence-corrected chi connectivity index (χ3v) is 6.02. The molecule has 3 N–H and O–H groups in total. The van der Waals surface area contributed by atoms with Crippen LogP contribution in [0.1, 0.15) is 51.6 Å². The molecule has 6 heteroatoms. The van der Waals surface area contributed by atoms with E-state index in [1.807, 2.05) is 6.92 Å². The smallest absolute Gasteiger partial charge is 0.242 e. The fraction of sp³-hybridized carbons (Fsp3) is 0.733. The normalized spacial score (nSPS) is 18.2. The van der Waals surface area contributed by atoms with Crippen LogP contribution in [0, 0.1) is 5.41 Å². The van der Waals surface area contributed by atoms with E-state index in [2.05, 4.69) is 21.9 Å². The summed E-state index contributed by atoms with van der Waals surface area (Å²) in [5.74, 6) is 0. The molecule has 1 fully saturated rings. The molecule has 0 saturated heterocycles. The van der Waals surface area contributed by atoms with Crippen LogP contribution in [0.2, 0.25) is 0 Å². The van der Waals surface area contributed by atoms with Gasteiger partial charge in [-0.15, -0.1) is 0 Å². The number of aromatic nitrogens is 1. The van der Waals surface area contributed by atoms with E-state index in [0.717, 1.165) is 31.5 Å². The fourth-order valence-electron chi connectivity index (χ4n) is 3.05. The van der Waals surface area contributed by atoms with Crippen molar-refractivity contribution in [1.29, 1.82) is 0 Å². The first-order valence-corrected chi connectivity index (χ1v) is 9.37. The summed E-state index contributed by atoms with van der Waals surface area (Å²) < 4.78 is 27.6. The van der Waals surface area contributed by atoms with Gasteiger partial charge in [0.25, 0.3) is 0 Å². The molecule has 0 bridgehead atoms. The van der Waals surface area contributed by atoms with Crippen molar-refractivity contribution in [2.75, 3.05) is 13.1 Å². The Hall–Kier alpha value is -0.850. The molecule has 0 atom stereocenters. The molecule has 1 aliphatic carbocycles.